The molecule has 1 aromatic carbocycles. The normalized spacial score (nSPS) is 15.6. The van der Waals surface area contributed by atoms with Crippen molar-refractivity contribution >= 4 is 23.7 Å². The summed E-state index contributed by atoms with van der Waals surface area (Å²) < 4.78 is 0. The van der Waals surface area contributed by atoms with E-state index in [0.717, 1.165) is 17.9 Å². The molecule has 1 aliphatic heterocycles. The van der Waals surface area contributed by atoms with Crippen molar-refractivity contribution in [3.63, 3.8) is 0 Å². The fraction of sp³-hybridized carbons (Fsp3) is 0.222. The molecule has 0 saturated carbocycles. The largest absolute Gasteiger partial charge is 0.250 e. The van der Waals surface area contributed by atoms with E-state index in [1.807, 2.05) is 30.0 Å². The van der Waals surface area contributed by atoms with E-state index < -0.39 is 0 Å². The van der Waals surface area contributed by atoms with Crippen LogP contribution in [0.3, 0.4) is 0 Å². The summed E-state index contributed by atoms with van der Waals surface area (Å²) in [5.74, 6) is 1.10. The quantitative estimate of drug-likeness (QED) is 0.571. The minimum Gasteiger partial charge on any atom is -0.250 e. The third-order valence-corrected chi connectivity index (χ3v) is 2.60. The van der Waals surface area contributed by atoms with Gasteiger partial charge in [-0.15, -0.1) is 11.8 Å². The van der Waals surface area contributed by atoms with E-state index >= 15 is 0 Å². The molecule has 1 radical (unpaired) electrons. The third-order valence-electron chi connectivity index (χ3n) is 1.54. The molecule has 0 unspecified atom stereocenters. The van der Waals surface area contributed by atoms with E-state index in [9.17, 15) is 0 Å². The lowest BCUT2D eigenvalue weighted by Gasteiger charge is -1.98. The van der Waals surface area contributed by atoms with Gasteiger partial charge in [-0.05, 0) is 12.1 Å². The van der Waals surface area contributed by atoms with Crippen molar-refractivity contribution in [2.75, 3.05) is 5.75 Å². The fourth-order valence-corrected chi connectivity index (χ4v) is 1.87. The lowest BCUT2D eigenvalue weighted by molar-refractivity contribution is 1.35. The Morgan fingerprint density at radius 3 is 3.27 bits per heavy atom. The van der Waals surface area contributed by atoms with E-state index in [1.165, 1.54) is 4.90 Å². The van der Waals surface area contributed by atoms with E-state index in [2.05, 4.69) is 17.3 Å². The molecule has 1 aromatic rings. The molecule has 0 amide bonds. The number of aliphatic imine (C=N–C) groups is 1. The van der Waals surface area contributed by atoms with Crippen molar-refractivity contribution in [3.8, 4) is 0 Å². The summed E-state index contributed by atoms with van der Waals surface area (Å²) >= 11 is 1.85. The van der Waals surface area contributed by atoms with Gasteiger partial charge in [-0.25, -0.2) is 0 Å². The fourth-order valence-electron chi connectivity index (χ4n) is 1.02. The Morgan fingerprint density at radius 1 is 1.36 bits per heavy atom. The van der Waals surface area contributed by atoms with Crippen LogP contribution >= 0.6 is 11.8 Å². The monoisotopic (exact) mass is 162 g/mol. The molecule has 0 aromatic heterocycles. The third kappa shape index (κ3) is 1.46. The van der Waals surface area contributed by atoms with Crippen LogP contribution in [0.2, 0.25) is 0 Å². The van der Waals surface area contributed by atoms with Crippen molar-refractivity contribution in [3.05, 3.63) is 24.3 Å². The molecule has 0 saturated heterocycles. The lowest BCUT2D eigenvalue weighted by atomic mass is 10.3. The maximum atomic E-state index is 4.22. The predicted molar refractivity (Wildman–Crippen MR) is 48.9 cm³/mol. The van der Waals surface area contributed by atoms with Gasteiger partial charge >= 0.3 is 0 Å². The van der Waals surface area contributed by atoms with Crippen molar-refractivity contribution in [1.29, 1.82) is 0 Å². The van der Waals surface area contributed by atoms with Gasteiger partial charge in [-0.1, -0.05) is 12.1 Å². The first-order chi connectivity index (χ1) is 5.47. The Labute approximate surface area is 70.5 Å². The smallest absolute Gasteiger partial charge is 0.0769 e. The van der Waals surface area contributed by atoms with Gasteiger partial charge in [0, 0.05) is 17.1 Å². The van der Waals surface area contributed by atoms with Crippen LogP contribution in [0.1, 0.15) is 6.42 Å². The summed E-state index contributed by atoms with van der Waals surface area (Å²) in [6.45, 7) is 0. The highest BCUT2D eigenvalue weighted by atomic mass is 32.2. The molecule has 0 spiro atoms. The first-order valence-electron chi connectivity index (χ1n) is 3.62. The summed E-state index contributed by atoms with van der Waals surface area (Å²) in [6, 6.07) is 8.19. The maximum absolute atomic E-state index is 4.22. The first-order valence-corrected chi connectivity index (χ1v) is 4.61. The average molecular weight is 162 g/mol. The Hall–Kier alpha value is -0.760. The molecule has 0 fully saturated rings. The molecule has 2 rings (SSSR count). The number of hydrogen-bond acceptors (Lipinski definition) is 2. The van der Waals surface area contributed by atoms with Gasteiger partial charge in [-0.3, -0.25) is 4.99 Å². The molecular weight excluding hydrogens is 154 g/mol. The molecule has 0 N–H and O–H groups in total. The highest BCUT2D eigenvalue weighted by Gasteiger charge is 2.02. The molecule has 1 nitrogen and oxygen atoms in total. The lowest BCUT2D eigenvalue weighted by Crippen LogP contribution is -1.74. The van der Waals surface area contributed by atoms with E-state index in [0.29, 0.717) is 0 Å². The number of rotatable bonds is 0. The second kappa shape index (κ2) is 3.09. The van der Waals surface area contributed by atoms with Crippen molar-refractivity contribution in [2.45, 2.75) is 11.3 Å². The van der Waals surface area contributed by atoms with Crippen LogP contribution in [0.25, 0.3) is 0 Å². The molecule has 55 valence electrons. The SMILES string of the molecule is [C]1=Nc2ccccc2SCC1. The minimum atomic E-state index is 0.958. The molecule has 0 atom stereocenters. The second-order valence-corrected chi connectivity index (χ2v) is 3.47. The Morgan fingerprint density at radius 2 is 2.27 bits per heavy atom. The Bertz CT molecular complexity index is 281. The number of nitrogens with zero attached hydrogens (tertiary/aromatic N) is 1. The zero-order chi connectivity index (χ0) is 7.52. The molecular formula is C9H8NS. The minimum absolute atomic E-state index is 0.958. The summed E-state index contributed by atoms with van der Waals surface area (Å²) in [6.07, 6.45) is 3.97. The number of benzene rings is 1. The van der Waals surface area contributed by atoms with Crippen LogP contribution in [0.15, 0.2) is 34.2 Å². The molecule has 1 heterocycles. The van der Waals surface area contributed by atoms with E-state index in [-0.39, 0.29) is 0 Å². The molecule has 0 aliphatic carbocycles. The number of hydrogen-bond donors (Lipinski definition) is 0. The standard InChI is InChI=1S/C9H8NS/c1-2-5-9-8(4-1)10-6-3-7-11-9/h1-2,4-5H,3,7H2. The maximum Gasteiger partial charge on any atom is 0.0769 e. The Balaban J connectivity index is 2.45. The van der Waals surface area contributed by atoms with E-state index in [1.54, 1.807) is 0 Å². The molecule has 0 bridgehead atoms. The van der Waals surface area contributed by atoms with Crippen LogP contribution in [-0.4, -0.2) is 12.0 Å². The van der Waals surface area contributed by atoms with Gasteiger partial charge in [0.15, 0.2) is 0 Å². The van der Waals surface area contributed by atoms with Gasteiger partial charge in [0.2, 0.25) is 0 Å². The van der Waals surface area contributed by atoms with Crippen LogP contribution in [0.5, 0.6) is 0 Å². The Kier molecular flexibility index (Phi) is 1.95. The van der Waals surface area contributed by atoms with Crippen LogP contribution < -0.4 is 0 Å². The summed E-state index contributed by atoms with van der Waals surface area (Å²) in [7, 11) is 0. The van der Waals surface area contributed by atoms with Gasteiger partial charge in [0.25, 0.3) is 0 Å². The van der Waals surface area contributed by atoms with Crippen molar-refractivity contribution < 1.29 is 0 Å². The van der Waals surface area contributed by atoms with Crippen LogP contribution in [0, 0.1) is 0 Å². The number of para-hydroxylation sites is 1. The highest BCUT2D eigenvalue weighted by Crippen LogP contribution is 2.30. The summed E-state index contributed by atoms with van der Waals surface area (Å²) in [5.41, 5.74) is 1.06. The van der Waals surface area contributed by atoms with Crippen molar-refractivity contribution in [1.82, 2.24) is 0 Å². The predicted octanol–water partition coefficient (Wildman–Crippen LogP) is 2.76. The highest BCUT2D eigenvalue weighted by molar-refractivity contribution is 7.99. The number of thioether (sulfide) groups is 1. The molecule has 2 heteroatoms. The van der Waals surface area contributed by atoms with Crippen LogP contribution in [-0.2, 0) is 0 Å². The van der Waals surface area contributed by atoms with Gasteiger partial charge in [0.1, 0.15) is 0 Å². The van der Waals surface area contributed by atoms with Gasteiger partial charge in [0.05, 0.1) is 11.9 Å². The topological polar surface area (TPSA) is 12.4 Å². The van der Waals surface area contributed by atoms with Crippen molar-refractivity contribution in [2.24, 2.45) is 4.99 Å². The average Bonchev–Trinajstić information content (AvgIpc) is 2.28. The van der Waals surface area contributed by atoms with E-state index in [4.69, 9.17) is 0 Å². The first kappa shape index (κ1) is 6.92. The zero-order valence-electron chi connectivity index (χ0n) is 6.08. The zero-order valence-corrected chi connectivity index (χ0v) is 6.90. The summed E-state index contributed by atoms with van der Waals surface area (Å²) in [4.78, 5) is 5.49. The van der Waals surface area contributed by atoms with Gasteiger partial charge in [-0.2, -0.15) is 0 Å². The van der Waals surface area contributed by atoms with Gasteiger partial charge < -0.3 is 0 Å². The second-order valence-electron chi connectivity index (χ2n) is 2.34. The molecule has 11 heavy (non-hydrogen) atoms. The van der Waals surface area contributed by atoms with Crippen LogP contribution in [0.4, 0.5) is 5.69 Å². The summed E-state index contributed by atoms with van der Waals surface area (Å²) in [5, 5.41) is 0. The molecule has 1 aliphatic rings. The number of fused-ring (bicyclic) bond motifs is 1.